The van der Waals surface area contributed by atoms with Gasteiger partial charge in [0.1, 0.15) is 5.82 Å². The number of sulfonamides is 1. The smallest absolute Gasteiger partial charge is 0.262 e. The van der Waals surface area contributed by atoms with E-state index in [1.807, 2.05) is 0 Å². The van der Waals surface area contributed by atoms with E-state index in [0.29, 0.717) is 33.6 Å². The third-order valence-corrected chi connectivity index (χ3v) is 8.45. The van der Waals surface area contributed by atoms with Gasteiger partial charge in [-0.15, -0.1) is 11.3 Å². The van der Waals surface area contributed by atoms with Gasteiger partial charge in [-0.2, -0.15) is 4.31 Å². The van der Waals surface area contributed by atoms with Crippen molar-refractivity contribution in [1.29, 1.82) is 0 Å². The summed E-state index contributed by atoms with van der Waals surface area (Å²) >= 11 is 1.22. The number of methoxy groups -OCH3 is 1. The minimum absolute atomic E-state index is 0.132. The molecule has 3 aromatic rings. The minimum atomic E-state index is -3.46. The van der Waals surface area contributed by atoms with Gasteiger partial charge < -0.3 is 10.1 Å². The third kappa shape index (κ3) is 4.36. The van der Waals surface area contributed by atoms with Crippen LogP contribution in [-0.4, -0.2) is 38.8 Å². The number of hydrogen-bond acceptors (Lipinski definition) is 5. The standard InChI is InChI=1S/C22H23FN2O4S2/c1-29-14-17-20-18(23)5-4-6-19(20)30-21(17)22(26)24-13-15-7-9-16(10-8-15)31(27,28)25-11-2-3-12-25/h4-10H,2-3,11-14H2,1H3,(H,24,26). The Morgan fingerprint density at radius 2 is 1.87 bits per heavy atom. The quantitative estimate of drug-likeness (QED) is 0.578. The van der Waals surface area contributed by atoms with Crippen LogP contribution < -0.4 is 5.32 Å². The Morgan fingerprint density at radius 3 is 2.55 bits per heavy atom. The molecule has 1 amide bonds. The maximum atomic E-state index is 14.3. The molecular formula is C22H23FN2O4S2. The molecule has 1 aliphatic heterocycles. The number of fused-ring (bicyclic) bond motifs is 1. The van der Waals surface area contributed by atoms with Gasteiger partial charge in [-0.3, -0.25) is 4.79 Å². The highest BCUT2D eigenvalue weighted by atomic mass is 32.2. The van der Waals surface area contributed by atoms with Crippen LogP contribution >= 0.6 is 11.3 Å². The Hall–Kier alpha value is -2.33. The highest BCUT2D eigenvalue weighted by Gasteiger charge is 2.27. The molecule has 2 heterocycles. The topological polar surface area (TPSA) is 75.7 Å². The second-order valence-electron chi connectivity index (χ2n) is 7.39. The molecule has 2 aromatic carbocycles. The van der Waals surface area contributed by atoms with Gasteiger partial charge in [0.05, 0.1) is 16.4 Å². The zero-order valence-electron chi connectivity index (χ0n) is 17.1. The normalized spacial score (nSPS) is 14.9. The minimum Gasteiger partial charge on any atom is -0.380 e. The van der Waals surface area contributed by atoms with Crippen LogP contribution in [0.15, 0.2) is 47.4 Å². The number of benzene rings is 2. The SMILES string of the molecule is COCc1c(C(=O)NCc2ccc(S(=O)(=O)N3CCCC3)cc2)sc2cccc(F)c12. The predicted octanol–water partition coefficient (Wildman–Crippen LogP) is 3.90. The van der Waals surface area contributed by atoms with E-state index in [9.17, 15) is 17.6 Å². The largest absolute Gasteiger partial charge is 0.380 e. The number of carbonyl (C=O) groups excluding carboxylic acids is 1. The third-order valence-electron chi connectivity index (χ3n) is 5.34. The fourth-order valence-electron chi connectivity index (χ4n) is 3.75. The molecule has 0 aliphatic carbocycles. The van der Waals surface area contributed by atoms with Crippen molar-refractivity contribution in [3.63, 3.8) is 0 Å². The van der Waals surface area contributed by atoms with E-state index in [4.69, 9.17) is 4.74 Å². The Kier molecular flexibility index (Phi) is 6.38. The molecule has 6 nitrogen and oxygen atoms in total. The maximum absolute atomic E-state index is 14.3. The van der Waals surface area contributed by atoms with E-state index in [1.165, 1.54) is 28.8 Å². The highest BCUT2D eigenvalue weighted by Crippen LogP contribution is 2.33. The molecule has 0 radical (unpaired) electrons. The first kappa shape index (κ1) is 21.9. The molecule has 0 bridgehead atoms. The van der Waals surface area contributed by atoms with Gasteiger partial charge in [0.2, 0.25) is 10.0 Å². The Labute approximate surface area is 184 Å². The molecule has 9 heteroatoms. The number of nitrogens with one attached hydrogen (secondary N) is 1. The summed E-state index contributed by atoms with van der Waals surface area (Å²) in [5.74, 6) is -0.698. The van der Waals surface area contributed by atoms with Crippen LogP contribution in [0.5, 0.6) is 0 Å². The summed E-state index contributed by atoms with van der Waals surface area (Å²) in [5, 5.41) is 3.25. The van der Waals surface area contributed by atoms with Crippen LogP contribution in [0.3, 0.4) is 0 Å². The number of hydrogen-bond donors (Lipinski definition) is 1. The van der Waals surface area contributed by atoms with E-state index >= 15 is 0 Å². The predicted molar refractivity (Wildman–Crippen MR) is 118 cm³/mol. The summed E-state index contributed by atoms with van der Waals surface area (Å²) in [6, 6.07) is 11.3. The second-order valence-corrected chi connectivity index (χ2v) is 10.4. The number of rotatable bonds is 7. The van der Waals surface area contributed by atoms with Crippen LogP contribution in [0.1, 0.15) is 33.6 Å². The van der Waals surface area contributed by atoms with Crippen LogP contribution in [0.4, 0.5) is 4.39 Å². The van der Waals surface area contributed by atoms with Gasteiger partial charge in [-0.1, -0.05) is 18.2 Å². The van der Waals surface area contributed by atoms with Crippen molar-refractivity contribution in [2.75, 3.05) is 20.2 Å². The summed E-state index contributed by atoms with van der Waals surface area (Å²) in [6.45, 7) is 1.47. The van der Waals surface area contributed by atoms with Gasteiger partial charge in [-0.25, -0.2) is 12.8 Å². The van der Waals surface area contributed by atoms with Crippen molar-refractivity contribution in [3.05, 3.63) is 64.3 Å². The lowest BCUT2D eigenvalue weighted by Crippen LogP contribution is -2.28. The van der Waals surface area contributed by atoms with Gasteiger partial charge >= 0.3 is 0 Å². The molecule has 1 fully saturated rings. The number of thiophene rings is 1. The zero-order chi connectivity index (χ0) is 22.0. The van der Waals surface area contributed by atoms with Crippen molar-refractivity contribution >= 4 is 37.4 Å². The molecule has 1 aromatic heterocycles. The molecule has 1 aliphatic rings. The van der Waals surface area contributed by atoms with E-state index in [2.05, 4.69) is 5.32 Å². The molecule has 0 atom stereocenters. The van der Waals surface area contributed by atoms with E-state index < -0.39 is 10.0 Å². The average Bonchev–Trinajstić information content (AvgIpc) is 3.42. The van der Waals surface area contributed by atoms with E-state index in [-0.39, 0.29) is 29.8 Å². The molecule has 164 valence electrons. The van der Waals surface area contributed by atoms with Crippen LogP contribution in [0.25, 0.3) is 10.1 Å². The molecule has 1 N–H and O–H groups in total. The zero-order valence-corrected chi connectivity index (χ0v) is 18.7. The summed E-state index contributed by atoms with van der Waals surface area (Å²) in [5.41, 5.74) is 1.31. The van der Waals surface area contributed by atoms with E-state index in [0.717, 1.165) is 18.4 Å². The number of amides is 1. The second kappa shape index (κ2) is 9.04. The molecule has 1 saturated heterocycles. The maximum Gasteiger partial charge on any atom is 0.262 e. The van der Waals surface area contributed by atoms with Crippen molar-refractivity contribution in [1.82, 2.24) is 9.62 Å². The van der Waals surface area contributed by atoms with Crippen molar-refractivity contribution in [2.24, 2.45) is 0 Å². The lowest BCUT2D eigenvalue weighted by Gasteiger charge is -2.15. The molecular weight excluding hydrogens is 439 g/mol. The van der Waals surface area contributed by atoms with Crippen LogP contribution in [0.2, 0.25) is 0 Å². The molecule has 0 saturated carbocycles. The molecule has 0 unspecified atom stereocenters. The first-order chi connectivity index (χ1) is 14.9. The summed E-state index contributed by atoms with van der Waals surface area (Å²) in [4.78, 5) is 13.5. The molecule has 4 rings (SSSR count). The first-order valence-electron chi connectivity index (χ1n) is 9.98. The lowest BCUT2D eigenvalue weighted by molar-refractivity contribution is 0.0950. The van der Waals surface area contributed by atoms with Gasteiger partial charge in [0, 0.05) is 42.4 Å². The van der Waals surface area contributed by atoms with Crippen molar-refractivity contribution in [3.8, 4) is 0 Å². The Morgan fingerprint density at radius 1 is 1.16 bits per heavy atom. The first-order valence-corrected chi connectivity index (χ1v) is 12.2. The number of carbonyl (C=O) groups is 1. The van der Waals surface area contributed by atoms with Crippen LogP contribution in [0, 0.1) is 5.82 Å². The number of ether oxygens (including phenoxy) is 1. The van der Waals surface area contributed by atoms with Gasteiger partial charge in [-0.05, 0) is 42.7 Å². The molecule has 31 heavy (non-hydrogen) atoms. The summed E-state index contributed by atoms with van der Waals surface area (Å²) < 4.78 is 46.9. The Bertz CT molecular complexity index is 1200. The lowest BCUT2D eigenvalue weighted by atomic mass is 10.1. The van der Waals surface area contributed by atoms with Crippen LogP contribution in [-0.2, 0) is 27.9 Å². The van der Waals surface area contributed by atoms with Gasteiger partial charge in [0.25, 0.3) is 5.91 Å². The summed E-state index contributed by atoms with van der Waals surface area (Å²) in [6.07, 6.45) is 1.77. The fraction of sp³-hybridized carbons (Fsp3) is 0.318. The number of nitrogens with zero attached hydrogens (tertiary/aromatic N) is 1. The fourth-order valence-corrected chi connectivity index (χ4v) is 6.41. The monoisotopic (exact) mass is 462 g/mol. The number of halogens is 1. The van der Waals surface area contributed by atoms with E-state index in [1.54, 1.807) is 36.4 Å². The van der Waals surface area contributed by atoms with Crippen molar-refractivity contribution < 1.29 is 22.3 Å². The molecule has 0 spiro atoms. The Balaban J connectivity index is 1.49. The average molecular weight is 463 g/mol. The van der Waals surface area contributed by atoms with Crippen molar-refractivity contribution in [2.45, 2.75) is 30.9 Å². The summed E-state index contributed by atoms with van der Waals surface area (Å²) in [7, 11) is -1.96. The van der Waals surface area contributed by atoms with Gasteiger partial charge in [0.15, 0.2) is 0 Å². The highest BCUT2D eigenvalue weighted by molar-refractivity contribution is 7.89.